The van der Waals surface area contributed by atoms with E-state index in [9.17, 15) is 0 Å². The van der Waals surface area contributed by atoms with Crippen molar-refractivity contribution < 1.29 is 9.26 Å². The first kappa shape index (κ1) is 17.1. The Morgan fingerprint density at radius 1 is 1.33 bits per heavy atom. The van der Waals surface area contributed by atoms with E-state index in [1.807, 2.05) is 17.8 Å². The van der Waals surface area contributed by atoms with E-state index in [1.54, 1.807) is 0 Å². The molecule has 3 rings (SSSR count). The molecule has 0 radical (unpaired) electrons. The Hall–Kier alpha value is -1.73. The fourth-order valence-corrected chi connectivity index (χ4v) is 3.14. The third-order valence-corrected chi connectivity index (χ3v) is 4.31. The minimum absolute atomic E-state index is 0.0588. The number of ether oxygens (including phenoxy) is 1. The van der Waals surface area contributed by atoms with Gasteiger partial charge in [-0.2, -0.15) is 10.1 Å². The lowest BCUT2D eigenvalue weighted by Gasteiger charge is -2.28. The molecule has 1 atom stereocenters. The van der Waals surface area contributed by atoms with E-state index in [0.717, 1.165) is 39.1 Å². The minimum atomic E-state index is 0.0588. The summed E-state index contributed by atoms with van der Waals surface area (Å²) in [6.45, 7) is 9.50. The number of nitrogens with zero attached hydrogens (tertiary/aromatic N) is 4. The quantitative estimate of drug-likeness (QED) is 0.839. The topological polar surface area (TPSA) is 78.0 Å². The molecule has 0 bridgehead atoms. The van der Waals surface area contributed by atoms with Crippen molar-refractivity contribution in [3.63, 3.8) is 0 Å². The van der Waals surface area contributed by atoms with Crippen molar-refractivity contribution in [2.75, 3.05) is 13.2 Å². The van der Waals surface area contributed by atoms with E-state index >= 15 is 0 Å². The van der Waals surface area contributed by atoms with Gasteiger partial charge in [0.15, 0.2) is 5.82 Å². The summed E-state index contributed by atoms with van der Waals surface area (Å²) in [6, 6.07) is 0.0588. The highest BCUT2D eigenvalue weighted by Gasteiger charge is 2.29. The van der Waals surface area contributed by atoms with Crippen LogP contribution in [-0.4, -0.2) is 33.1 Å². The molecule has 0 aromatic carbocycles. The molecule has 2 aromatic rings. The molecule has 0 unspecified atom stereocenters. The van der Waals surface area contributed by atoms with E-state index < -0.39 is 0 Å². The predicted octanol–water partition coefficient (Wildman–Crippen LogP) is 2.49. The number of hydrogen-bond acceptors (Lipinski definition) is 6. The van der Waals surface area contributed by atoms with E-state index in [4.69, 9.17) is 9.26 Å². The molecule has 24 heavy (non-hydrogen) atoms. The Morgan fingerprint density at radius 2 is 2.12 bits per heavy atom. The van der Waals surface area contributed by atoms with Crippen molar-refractivity contribution in [3.8, 4) is 0 Å². The average molecular weight is 333 g/mol. The van der Waals surface area contributed by atoms with Gasteiger partial charge in [0.2, 0.25) is 5.89 Å². The molecule has 1 saturated heterocycles. The Bertz CT molecular complexity index is 630. The smallest absolute Gasteiger partial charge is 0.244 e. The lowest BCUT2D eigenvalue weighted by molar-refractivity contribution is 0.0485. The molecule has 2 aromatic heterocycles. The maximum absolute atomic E-state index is 5.49. The second kappa shape index (κ2) is 7.90. The van der Waals surface area contributed by atoms with Gasteiger partial charge in [-0.25, -0.2) is 0 Å². The molecule has 7 heteroatoms. The molecule has 1 aliphatic heterocycles. The highest BCUT2D eigenvalue weighted by atomic mass is 16.5. The van der Waals surface area contributed by atoms with Crippen molar-refractivity contribution in [2.45, 2.75) is 52.7 Å². The van der Waals surface area contributed by atoms with E-state index in [2.05, 4.69) is 40.6 Å². The summed E-state index contributed by atoms with van der Waals surface area (Å²) in [5, 5.41) is 12.0. The molecular weight excluding hydrogens is 306 g/mol. The molecule has 1 fully saturated rings. The van der Waals surface area contributed by atoms with Gasteiger partial charge < -0.3 is 14.6 Å². The highest BCUT2D eigenvalue weighted by molar-refractivity contribution is 5.05. The summed E-state index contributed by atoms with van der Waals surface area (Å²) in [5.74, 6) is 2.38. The van der Waals surface area contributed by atoms with Gasteiger partial charge in [-0.05, 0) is 31.6 Å². The van der Waals surface area contributed by atoms with Gasteiger partial charge in [0.25, 0.3) is 0 Å². The lowest BCUT2D eigenvalue weighted by atomic mass is 9.91. The molecule has 7 nitrogen and oxygen atoms in total. The lowest BCUT2D eigenvalue weighted by Crippen LogP contribution is -2.32. The Kier molecular flexibility index (Phi) is 5.63. The Labute approximate surface area is 142 Å². The van der Waals surface area contributed by atoms with E-state index in [1.165, 1.54) is 5.56 Å². The van der Waals surface area contributed by atoms with Gasteiger partial charge in [-0.15, -0.1) is 0 Å². The van der Waals surface area contributed by atoms with Gasteiger partial charge >= 0.3 is 0 Å². The van der Waals surface area contributed by atoms with E-state index in [-0.39, 0.29) is 6.04 Å². The highest BCUT2D eigenvalue weighted by Crippen LogP contribution is 2.29. The van der Waals surface area contributed by atoms with Crippen LogP contribution in [0.2, 0.25) is 0 Å². The monoisotopic (exact) mass is 333 g/mol. The molecule has 0 spiro atoms. The molecule has 0 saturated carbocycles. The summed E-state index contributed by atoms with van der Waals surface area (Å²) < 4.78 is 12.9. The normalized spacial score (nSPS) is 17.5. The van der Waals surface area contributed by atoms with Crippen molar-refractivity contribution in [1.29, 1.82) is 0 Å². The van der Waals surface area contributed by atoms with Crippen LogP contribution in [0.15, 0.2) is 16.9 Å². The predicted molar refractivity (Wildman–Crippen MR) is 89.2 cm³/mol. The summed E-state index contributed by atoms with van der Waals surface area (Å²) >= 11 is 0. The second-order valence-corrected chi connectivity index (χ2v) is 6.95. The molecule has 3 heterocycles. The fourth-order valence-electron chi connectivity index (χ4n) is 3.14. The minimum Gasteiger partial charge on any atom is -0.381 e. The zero-order valence-corrected chi connectivity index (χ0v) is 14.7. The first-order valence-corrected chi connectivity index (χ1v) is 8.74. The SMILES string of the molecule is Cc1noc([C@H](NCc2cnn(CC(C)C)c2)C2CCOCC2)n1. The maximum Gasteiger partial charge on any atom is 0.244 e. The summed E-state index contributed by atoms with van der Waals surface area (Å²) in [7, 11) is 0. The third-order valence-electron chi connectivity index (χ3n) is 4.31. The Balaban J connectivity index is 1.66. The van der Waals surface area contributed by atoms with Gasteiger partial charge in [0.05, 0.1) is 12.2 Å². The van der Waals surface area contributed by atoms with Crippen LogP contribution in [0.4, 0.5) is 0 Å². The Morgan fingerprint density at radius 3 is 2.79 bits per heavy atom. The van der Waals surface area contributed by atoms with Crippen LogP contribution in [0.5, 0.6) is 0 Å². The van der Waals surface area contributed by atoms with Crippen LogP contribution >= 0.6 is 0 Å². The van der Waals surface area contributed by atoms with Gasteiger partial charge in [0, 0.05) is 38.1 Å². The maximum atomic E-state index is 5.49. The van der Waals surface area contributed by atoms with Crippen LogP contribution in [0.3, 0.4) is 0 Å². The van der Waals surface area contributed by atoms with Crippen molar-refractivity contribution in [2.24, 2.45) is 11.8 Å². The number of nitrogens with one attached hydrogen (secondary N) is 1. The van der Waals surface area contributed by atoms with Crippen LogP contribution in [-0.2, 0) is 17.8 Å². The summed E-state index contributed by atoms with van der Waals surface area (Å²) in [4.78, 5) is 4.44. The summed E-state index contributed by atoms with van der Waals surface area (Å²) in [5.41, 5.74) is 1.17. The van der Waals surface area contributed by atoms with Crippen molar-refractivity contribution >= 4 is 0 Å². The molecular formula is C17H27N5O2. The van der Waals surface area contributed by atoms with Crippen LogP contribution in [0.25, 0.3) is 0 Å². The van der Waals surface area contributed by atoms with Crippen molar-refractivity contribution in [3.05, 3.63) is 29.7 Å². The fraction of sp³-hybridized carbons (Fsp3) is 0.706. The van der Waals surface area contributed by atoms with Crippen LogP contribution in [0, 0.1) is 18.8 Å². The molecule has 132 valence electrons. The molecule has 1 aliphatic rings. The van der Waals surface area contributed by atoms with Gasteiger partial charge in [-0.3, -0.25) is 4.68 Å². The third kappa shape index (κ3) is 4.42. The largest absolute Gasteiger partial charge is 0.381 e. The first-order valence-electron chi connectivity index (χ1n) is 8.74. The number of rotatable bonds is 7. The van der Waals surface area contributed by atoms with E-state index in [0.29, 0.717) is 23.6 Å². The first-order chi connectivity index (χ1) is 11.6. The number of hydrogen-bond donors (Lipinski definition) is 1. The summed E-state index contributed by atoms with van der Waals surface area (Å²) in [6.07, 6.45) is 6.04. The molecule has 0 amide bonds. The number of aromatic nitrogens is 4. The van der Waals surface area contributed by atoms with Gasteiger partial charge in [0.1, 0.15) is 0 Å². The standard InChI is InChI=1S/C17H27N5O2/c1-12(2)10-22-11-14(9-19-22)8-18-16(15-4-6-23-7-5-15)17-20-13(3)21-24-17/h9,11-12,15-16,18H,4-8,10H2,1-3H3/t16-/m1/s1. The zero-order chi connectivity index (χ0) is 16.9. The molecule has 0 aliphatic carbocycles. The van der Waals surface area contributed by atoms with Crippen molar-refractivity contribution in [1.82, 2.24) is 25.2 Å². The van der Waals surface area contributed by atoms with Crippen LogP contribution in [0.1, 0.15) is 50.0 Å². The second-order valence-electron chi connectivity index (χ2n) is 6.95. The van der Waals surface area contributed by atoms with Crippen LogP contribution < -0.4 is 5.32 Å². The van der Waals surface area contributed by atoms with Gasteiger partial charge in [-0.1, -0.05) is 19.0 Å². The average Bonchev–Trinajstić information content (AvgIpc) is 3.17. The zero-order valence-electron chi connectivity index (χ0n) is 14.7. The molecule has 1 N–H and O–H groups in total. The number of aryl methyl sites for hydroxylation is 1.